The van der Waals surface area contributed by atoms with Crippen LogP contribution >= 0.6 is 0 Å². The Hall–Kier alpha value is -2.28. The van der Waals surface area contributed by atoms with Gasteiger partial charge in [0, 0.05) is 24.4 Å². The van der Waals surface area contributed by atoms with Crippen LogP contribution < -0.4 is 0 Å². The summed E-state index contributed by atoms with van der Waals surface area (Å²) in [4.78, 5) is 8.67. The predicted molar refractivity (Wildman–Crippen MR) is 80.3 cm³/mol. The van der Waals surface area contributed by atoms with E-state index >= 15 is 0 Å². The van der Waals surface area contributed by atoms with E-state index in [9.17, 15) is 4.39 Å². The molecule has 108 valence electrons. The molecule has 0 spiro atoms. The molecular formula is C17H18FN3. The minimum Gasteiger partial charge on any atom is -0.251 e. The Morgan fingerprint density at radius 1 is 0.952 bits per heavy atom. The number of nitriles is 1. The van der Waals surface area contributed by atoms with E-state index in [2.05, 4.69) is 16.0 Å². The van der Waals surface area contributed by atoms with E-state index in [0.717, 1.165) is 24.0 Å². The highest BCUT2D eigenvalue weighted by atomic mass is 19.1. The highest BCUT2D eigenvalue weighted by molar-refractivity contribution is 5.55. The molecule has 2 rings (SSSR count). The summed E-state index contributed by atoms with van der Waals surface area (Å²) in [5.41, 5.74) is 3.15. The number of rotatable bonds is 7. The molecule has 0 bridgehead atoms. The summed E-state index contributed by atoms with van der Waals surface area (Å²) in [5.74, 6) is 0.686. The molecule has 1 aromatic heterocycles. The molecule has 3 nitrogen and oxygen atoms in total. The van der Waals surface area contributed by atoms with Gasteiger partial charge in [0.2, 0.25) is 0 Å². The standard InChI is InChI=1S/C17H18FN3/c18-10-2-1-4-14-6-8-16(9-7-14)17-20-12-15(13-21-17)5-3-11-19/h6-9,12-13H,1-5,10H2. The molecule has 21 heavy (non-hydrogen) atoms. The van der Waals surface area contributed by atoms with E-state index in [-0.39, 0.29) is 6.67 Å². The second-order valence-electron chi connectivity index (χ2n) is 4.92. The van der Waals surface area contributed by atoms with Crippen LogP contribution in [0.1, 0.15) is 30.4 Å². The van der Waals surface area contributed by atoms with Gasteiger partial charge in [-0.15, -0.1) is 0 Å². The summed E-state index contributed by atoms with van der Waals surface area (Å²) in [6.45, 7) is -0.246. The van der Waals surface area contributed by atoms with Gasteiger partial charge in [0.25, 0.3) is 0 Å². The lowest BCUT2D eigenvalue weighted by atomic mass is 10.1. The van der Waals surface area contributed by atoms with Crippen LogP contribution in [0.25, 0.3) is 11.4 Å². The van der Waals surface area contributed by atoms with Crippen LogP contribution in [0.3, 0.4) is 0 Å². The monoisotopic (exact) mass is 283 g/mol. The lowest BCUT2D eigenvalue weighted by molar-refractivity contribution is 0.462. The molecule has 0 unspecified atom stereocenters. The van der Waals surface area contributed by atoms with Gasteiger partial charge in [-0.05, 0) is 36.8 Å². The highest BCUT2D eigenvalue weighted by Gasteiger charge is 2.02. The first-order valence-corrected chi connectivity index (χ1v) is 7.16. The van der Waals surface area contributed by atoms with Crippen molar-refractivity contribution in [2.24, 2.45) is 0 Å². The highest BCUT2D eigenvalue weighted by Crippen LogP contribution is 2.16. The van der Waals surface area contributed by atoms with Crippen LogP contribution in [0.2, 0.25) is 0 Å². The summed E-state index contributed by atoms with van der Waals surface area (Å²) in [7, 11) is 0. The largest absolute Gasteiger partial charge is 0.251 e. The molecule has 2 aromatic rings. The Kier molecular flexibility index (Phi) is 5.83. The van der Waals surface area contributed by atoms with E-state index in [1.165, 1.54) is 5.56 Å². The zero-order valence-corrected chi connectivity index (χ0v) is 11.9. The van der Waals surface area contributed by atoms with E-state index in [1.54, 1.807) is 12.4 Å². The van der Waals surface area contributed by atoms with Crippen LogP contribution in [-0.2, 0) is 12.8 Å². The molecule has 0 aliphatic heterocycles. The third-order valence-corrected chi connectivity index (χ3v) is 3.29. The molecule has 0 saturated heterocycles. The van der Waals surface area contributed by atoms with Crippen molar-refractivity contribution in [1.29, 1.82) is 5.26 Å². The van der Waals surface area contributed by atoms with Crippen LogP contribution in [0, 0.1) is 11.3 Å². The number of nitrogens with zero attached hydrogens (tertiary/aromatic N) is 3. The fraction of sp³-hybridized carbons (Fsp3) is 0.353. The van der Waals surface area contributed by atoms with Crippen molar-refractivity contribution >= 4 is 0 Å². The van der Waals surface area contributed by atoms with E-state index in [0.29, 0.717) is 25.1 Å². The van der Waals surface area contributed by atoms with Gasteiger partial charge in [-0.25, -0.2) is 9.97 Å². The average molecular weight is 283 g/mol. The number of aromatic nitrogens is 2. The maximum atomic E-state index is 12.1. The van der Waals surface area contributed by atoms with E-state index in [4.69, 9.17) is 5.26 Å². The third kappa shape index (κ3) is 4.64. The third-order valence-electron chi connectivity index (χ3n) is 3.29. The molecule has 1 aromatic carbocycles. The van der Waals surface area contributed by atoms with Crippen molar-refractivity contribution in [3.63, 3.8) is 0 Å². The molecule has 4 heteroatoms. The smallest absolute Gasteiger partial charge is 0.159 e. The van der Waals surface area contributed by atoms with Gasteiger partial charge in [-0.3, -0.25) is 4.39 Å². The fourth-order valence-corrected chi connectivity index (χ4v) is 2.08. The zero-order chi connectivity index (χ0) is 14.9. The van der Waals surface area contributed by atoms with Crippen molar-refractivity contribution in [2.45, 2.75) is 32.1 Å². The van der Waals surface area contributed by atoms with Crippen molar-refractivity contribution in [3.05, 3.63) is 47.8 Å². The molecule has 0 amide bonds. The van der Waals surface area contributed by atoms with Crippen LogP contribution in [0.15, 0.2) is 36.7 Å². The SMILES string of the molecule is N#CCCc1cnc(-c2ccc(CCCCF)cc2)nc1. The number of halogens is 1. The van der Waals surface area contributed by atoms with Crippen LogP contribution in [-0.4, -0.2) is 16.6 Å². The summed E-state index contributed by atoms with van der Waals surface area (Å²) in [6, 6.07) is 10.2. The first kappa shape index (κ1) is 15.1. The van der Waals surface area contributed by atoms with Gasteiger partial charge >= 0.3 is 0 Å². The number of hydrogen-bond donors (Lipinski definition) is 0. The minimum absolute atomic E-state index is 0.246. The Bertz CT molecular complexity index is 585. The lowest BCUT2D eigenvalue weighted by Crippen LogP contribution is -1.93. The fourth-order valence-electron chi connectivity index (χ4n) is 2.08. The summed E-state index contributed by atoms with van der Waals surface area (Å²) < 4.78 is 12.1. The van der Waals surface area contributed by atoms with Gasteiger partial charge in [-0.2, -0.15) is 5.26 Å². The quantitative estimate of drug-likeness (QED) is 0.724. The van der Waals surface area contributed by atoms with Crippen molar-refractivity contribution in [1.82, 2.24) is 9.97 Å². The van der Waals surface area contributed by atoms with Crippen LogP contribution in [0.4, 0.5) is 4.39 Å². The minimum atomic E-state index is -0.246. The number of unbranched alkanes of at least 4 members (excludes halogenated alkanes) is 1. The molecule has 0 aliphatic carbocycles. The van der Waals surface area contributed by atoms with Crippen LogP contribution in [0.5, 0.6) is 0 Å². The van der Waals surface area contributed by atoms with E-state index in [1.807, 2.05) is 24.3 Å². The first-order chi connectivity index (χ1) is 10.3. The molecule has 0 atom stereocenters. The normalized spacial score (nSPS) is 10.3. The number of aryl methyl sites for hydroxylation is 2. The van der Waals surface area contributed by atoms with Gasteiger partial charge < -0.3 is 0 Å². The molecule has 0 N–H and O–H groups in total. The van der Waals surface area contributed by atoms with Gasteiger partial charge in [0.05, 0.1) is 12.7 Å². The summed E-state index contributed by atoms with van der Waals surface area (Å²) in [5, 5.41) is 8.55. The van der Waals surface area contributed by atoms with E-state index < -0.39 is 0 Å². The summed E-state index contributed by atoms with van der Waals surface area (Å²) in [6.07, 6.45) is 7.11. The van der Waals surface area contributed by atoms with Gasteiger partial charge in [-0.1, -0.05) is 24.3 Å². The zero-order valence-electron chi connectivity index (χ0n) is 11.9. The lowest BCUT2D eigenvalue weighted by Gasteiger charge is -2.04. The first-order valence-electron chi connectivity index (χ1n) is 7.16. The maximum Gasteiger partial charge on any atom is 0.159 e. The van der Waals surface area contributed by atoms with Gasteiger partial charge in [0.1, 0.15) is 0 Å². The summed E-state index contributed by atoms with van der Waals surface area (Å²) >= 11 is 0. The molecule has 0 aliphatic rings. The predicted octanol–water partition coefficient (Wildman–Crippen LogP) is 3.89. The molecule has 0 fully saturated rings. The second kappa shape index (κ2) is 8.11. The Morgan fingerprint density at radius 2 is 1.67 bits per heavy atom. The number of alkyl halides is 1. The Morgan fingerprint density at radius 3 is 2.29 bits per heavy atom. The number of benzene rings is 1. The topological polar surface area (TPSA) is 49.6 Å². The Balaban J connectivity index is 1.99. The van der Waals surface area contributed by atoms with Gasteiger partial charge in [0.15, 0.2) is 5.82 Å². The Labute approximate surface area is 124 Å². The number of hydrogen-bond acceptors (Lipinski definition) is 3. The molecule has 0 radical (unpaired) electrons. The van der Waals surface area contributed by atoms with Crippen molar-refractivity contribution < 1.29 is 4.39 Å². The van der Waals surface area contributed by atoms with Crippen molar-refractivity contribution in [2.75, 3.05) is 6.67 Å². The molecule has 0 saturated carbocycles. The maximum absolute atomic E-state index is 12.1. The average Bonchev–Trinajstić information content (AvgIpc) is 2.54. The second-order valence-corrected chi connectivity index (χ2v) is 4.92. The molecule has 1 heterocycles. The molecular weight excluding hydrogens is 265 g/mol. The van der Waals surface area contributed by atoms with Crippen molar-refractivity contribution in [3.8, 4) is 17.5 Å².